The lowest BCUT2D eigenvalue weighted by molar-refractivity contribution is -0.112. The molecule has 0 unspecified atom stereocenters. The lowest BCUT2D eigenvalue weighted by atomic mass is 10.1. The van der Waals surface area contributed by atoms with Crippen molar-refractivity contribution in [2.24, 2.45) is 0 Å². The van der Waals surface area contributed by atoms with Gasteiger partial charge in [0.25, 0.3) is 0 Å². The Labute approximate surface area is 134 Å². The molecule has 2 aromatic rings. The van der Waals surface area contributed by atoms with Crippen molar-refractivity contribution in [2.75, 3.05) is 5.32 Å². The first-order valence-electron chi connectivity index (χ1n) is 6.38. The van der Waals surface area contributed by atoms with Crippen molar-refractivity contribution >= 4 is 28.8 Å². The first-order valence-corrected chi connectivity index (χ1v) is 6.75. The lowest BCUT2D eigenvalue weighted by Crippen LogP contribution is -2.16. The van der Waals surface area contributed by atoms with Gasteiger partial charge in [0.05, 0.1) is 11.3 Å². The monoisotopic (exact) mass is 343 g/mol. The molecule has 7 heteroatoms. The van der Waals surface area contributed by atoms with Gasteiger partial charge in [-0.05, 0) is 23.8 Å². The van der Waals surface area contributed by atoms with Gasteiger partial charge in [-0.1, -0.05) is 41.9 Å². The van der Waals surface area contributed by atoms with E-state index in [2.05, 4.69) is 5.32 Å². The van der Waals surface area contributed by atoms with E-state index in [1.54, 1.807) is 6.07 Å². The highest BCUT2D eigenvalue weighted by molar-refractivity contribution is 6.30. The van der Waals surface area contributed by atoms with Crippen LogP contribution in [0.1, 0.15) is 5.56 Å². The topological polar surface area (TPSA) is 29.1 Å². The highest BCUT2D eigenvalue weighted by Crippen LogP contribution is 2.33. The lowest BCUT2D eigenvalue weighted by Gasteiger charge is -2.12. The zero-order valence-electron chi connectivity index (χ0n) is 11.5. The average molecular weight is 344 g/mol. The van der Waals surface area contributed by atoms with Gasteiger partial charge in [-0.25, -0.2) is 4.39 Å². The molecule has 0 bridgehead atoms. The van der Waals surface area contributed by atoms with Crippen LogP contribution in [0.15, 0.2) is 54.6 Å². The van der Waals surface area contributed by atoms with Crippen molar-refractivity contribution < 1.29 is 22.4 Å². The van der Waals surface area contributed by atoms with E-state index in [1.165, 1.54) is 36.4 Å². The second-order valence-electron chi connectivity index (χ2n) is 4.54. The summed E-state index contributed by atoms with van der Waals surface area (Å²) in [5, 5.41) is 2.17. The van der Waals surface area contributed by atoms with E-state index < -0.39 is 23.5 Å². The summed E-state index contributed by atoms with van der Waals surface area (Å²) in [5.74, 6) is -1.94. The van der Waals surface area contributed by atoms with Gasteiger partial charge in [-0.15, -0.1) is 0 Å². The third-order valence-electron chi connectivity index (χ3n) is 2.85. The molecule has 0 aliphatic heterocycles. The summed E-state index contributed by atoms with van der Waals surface area (Å²) in [6.45, 7) is 0. The Bertz CT molecular complexity index is 741. The van der Waals surface area contributed by atoms with Gasteiger partial charge in [0.15, 0.2) is 0 Å². The number of carbonyl (C=O) groups is 1. The van der Waals surface area contributed by atoms with E-state index in [-0.39, 0.29) is 16.3 Å². The molecule has 23 heavy (non-hydrogen) atoms. The van der Waals surface area contributed by atoms with Crippen LogP contribution >= 0.6 is 11.6 Å². The molecule has 0 aromatic heterocycles. The minimum absolute atomic E-state index is 0.108. The van der Waals surface area contributed by atoms with Crippen molar-refractivity contribution in [2.45, 2.75) is 6.18 Å². The van der Waals surface area contributed by atoms with E-state index >= 15 is 0 Å². The molecular formula is C16H10ClF4NO. The molecule has 0 spiro atoms. The number of halogens is 5. The van der Waals surface area contributed by atoms with Crippen LogP contribution in [0.4, 0.5) is 23.2 Å². The molecular weight excluding hydrogens is 334 g/mol. The van der Waals surface area contributed by atoms with Crippen LogP contribution < -0.4 is 5.32 Å². The number of carbonyl (C=O) groups excluding carboxylic acids is 1. The van der Waals surface area contributed by atoms with Crippen LogP contribution in [-0.2, 0) is 4.79 Å². The molecule has 0 saturated carbocycles. The van der Waals surface area contributed by atoms with E-state index in [4.69, 9.17) is 11.6 Å². The second kappa shape index (κ2) is 6.83. The van der Waals surface area contributed by atoms with E-state index in [0.29, 0.717) is 6.08 Å². The van der Waals surface area contributed by atoms with Crippen LogP contribution in [0.2, 0.25) is 5.02 Å². The number of amides is 1. The second-order valence-corrected chi connectivity index (χ2v) is 4.97. The number of anilines is 1. The van der Waals surface area contributed by atoms with Crippen LogP contribution in [0, 0.1) is 5.82 Å². The molecule has 2 aromatic carbocycles. The number of benzene rings is 2. The van der Waals surface area contributed by atoms with Gasteiger partial charge >= 0.3 is 6.18 Å². The van der Waals surface area contributed by atoms with Crippen molar-refractivity contribution in [3.63, 3.8) is 0 Å². The molecule has 1 amide bonds. The van der Waals surface area contributed by atoms with Crippen LogP contribution in [0.5, 0.6) is 0 Å². The molecule has 2 rings (SSSR count). The Morgan fingerprint density at radius 3 is 2.30 bits per heavy atom. The zero-order valence-corrected chi connectivity index (χ0v) is 12.3. The first-order chi connectivity index (χ1) is 10.8. The smallest absolute Gasteiger partial charge is 0.320 e. The van der Waals surface area contributed by atoms with Crippen LogP contribution in [0.25, 0.3) is 5.57 Å². The molecule has 0 saturated heterocycles. The van der Waals surface area contributed by atoms with Crippen molar-refractivity contribution in [3.8, 4) is 0 Å². The molecule has 1 N–H and O–H groups in total. The van der Waals surface area contributed by atoms with Gasteiger partial charge in [-0.3, -0.25) is 4.79 Å². The van der Waals surface area contributed by atoms with Gasteiger partial charge in [0.2, 0.25) is 5.91 Å². The zero-order chi connectivity index (χ0) is 17.0. The molecule has 0 heterocycles. The fraction of sp³-hybridized carbons (Fsp3) is 0.0625. The Balaban J connectivity index is 2.30. The van der Waals surface area contributed by atoms with Gasteiger partial charge in [0, 0.05) is 11.1 Å². The number of allylic oxidation sites excluding steroid dienone is 1. The van der Waals surface area contributed by atoms with Crippen LogP contribution in [0.3, 0.4) is 0 Å². The summed E-state index contributed by atoms with van der Waals surface area (Å²) in [7, 11) is 0. The van der Waals surface area contributed by atoms with Gasteiger partial charge in [0.1, 0.15) is 5.82 Å². The fourth-order valence-electron chi connectivity index (χ4n) is 1.84. The minimum atomic E-state index is -4.72. The summed E-state index contributed by atoms with van der Waals surface area (Å²) in [5.41, 5.74) is -1.54. The number of hydrogen-bond acceptors (Lipinski definition) is 1. The molecule has 0 radical (unpaired) electrons. The SMILES string of the molecule is O=C(/C=C(/c1ccccc1)C(F)(F)F)Nc1ccc(Cl)cc1F. The summed E-state index contributed by atoms with van der Waals surface area (Å²) in [6.07, 6.45) is -4.33. The predicted octanol–water partition coefficient (Wildman–Crippen LogP) is 5.06. The van der Waals surface area contributed by atoms with Crippen molar-refractivity contribution in [3.05, 3.63) is 71.0 Å². The standard InChI is InChI=1S/C16H10ClF4NO/c17-11-6-7-14(13(18)8-11)22-15(23)9-12(16(19,20)21)10-4-2-1-3-5-10/h1-9H,(H,22,23)/b12-9-. The Hall–Kier alpha value is -2.34. The Morgan fingerprint density at radius 1 is 1.09 bits per heavy atom. The fourth-order valence-corrected chi connectivity index (χ4v) is 2.00. The molecule has 0 aliphatic carbocycles. The predicted molar refractivity (Wildman–Crippen MR) is 80.5 cm³/mol. The maximum atomic E-state index is 13.6. The van der Waals surface area contributed by atoms with E-state index in [9.17, 15) is 22.4 Å². The molecule has 2 nitrogen and oxygen atoms in total. The summed E-state index contributed by atoms with van der Waals surface area (Å²) in [4.78, 5) is 11.8. The quantitative estimate of drug-likeness (QED) is 0.612. The van der Waals surface area contributed by atoms with Crippen molar-refractivity contribution in [1.82, 2.24) is 0 Å². The maximum absolute atomic E-state index is 13.6. The van der Waals surface area contributed by atoms with Crippen molar-refractivity contribution in [1.29, 1.82) is 0 Å². The van der Waals surface area contributed by atoms with Gasteiger partial charge in [-0.2, -0.15) is 13.2 Å². The largest absolute Gasteiger partial charge is 0.417 e. The molecule has 0 fully saturated rings. The Kier molecular flexibility index (Phi) is 5.05. The highest BCUT2D eigenvalue weighted by Gasteiger charge is 2.35. The number of alkyl halides is 3. The summed E-state index contributed by atoms with van der Waals surface area (Å²) < 4.78 is 52.9. The normalized spacial score (nSPS) is 12.1. The molecule has 120 valence electrons. The van der Waals surface area contributed by atoms with E-state index in [1.807, 2.05) is 0 Å². The maximum Gasteiger partial charge on any atom is 0.417 e. The number of nitrogens with one attached hydrogen (secondary N) is 1. The summed E-state index contributed by atoms with van der Waals surface area (Å²) in [6, 6.07) is 10.3. The highest BCUT2D eigenvalue weighted by atomic mass is 35.5. The number of hydrogen-bond donors (Lipinski definition) is 1. The molecule has 0 atom stereocenters. The van der Waals surface area contributed by atoms with Crippen LogP contribution in [-0.4, -0.2) is 12.1 Å². The average Bonchev–Trinajstić information content (AvgIpc) is 2.47. The molecule has 0 aliphatic rings. The first kappa shape index (κ1) is 17.0. The third kappa shape index (κ3) is 4.56. The Morgan fingerprint density at radius 2 is 1.74 bits per heavy atom. The minimum Gasteiger partial charge on any atom is -0.320 e. The number of rotatable bonds is 3. The third-order valence-corrected chi connectivity index (χ3v) is 3.09. The van der Waals surface area contributed by atoms with E-state index in [0.717, 1.165) is 6.07 Å². The summed E-state index contributed by atoms with van der Waals surface area (Å²) >= 11 is 5.56. The van der Waals surface area contributed by atoms with Gasteiger partial charge < -0.3 is 5.32 Å².